The van der Waals surface area contributed by atoms with E-state index in [0.29, 0.717) is 32.1 Å². The van der Waals surface area contributed by atoms with E-state index < -0.39 is 61.6 Å². The molecule has 0 unspecified atom stereocenters. The maximum absolute atomic E-state index is 10.8. The number of nitrogens with one attached hydrogen (secondary N) is 1. The number of halogens is 3. The second-order valence-corrected chi connectivity index (χ2v) is 13.1. The van der Waals surface area contributed by atoms with Gasteiger partial charge in [-0.3, -0.25) is 27.7 Å². The number of hydrogen-bond acceptors (Lipinski definition) is 20. The Hall–Kier alpha value is -1.74. The molecule has 0 spiro atoms. The largest absolute Gasteiger partial charge is 0.542 e. The van der Waals surface area contributed by atoms with Crippen LogP contribution < -0.4 is 11.1 Å². The van der Waals surface area contributed by atoms with Gasteiger partial charge in [0.25, 0.3) is 15.3 Å². The number of fused-ring (bicyclic) bond motifs is 3. The summed E-state index contributed by atoms with van der Waals surface area (Å²) < 4.78 is 31.1. The fraction of sp³-hybridized carbons (Fsp3) is 0.759. The normalized spacial score (nSPS) is 30.6. The zero-order valence-corrected chi connectivity index (χ0v) is 38.4. The molecular formula is C29H43Cl3N5O20Y2-3. The number of amides is 2. The van der Waals surface area contributed by atoms with Crippen LogP contribution in [0.2, 0.25) is 0 Å². The van der Waals surface area contributed by atoms with Gasteiger partial charge in [0.05, 0.1) is 63.9 Å². The topological polar surface area (TPSA) is 336 Å². The summed E-state index contributed by atoms with van der Waals surface area (Å²) in [7, 11) is 2.99. The minimum Gasteiger partial charge on any atom is -0.542 e. The SMILES string of the molecule is C.C[C@H]1CO[C@H]2[C@@H]1OC[C@H]2O[N+](=O)[O-].O=C(Cl)C[C@H]1CO[C@H]2[C@@H]1OC[C@H]2O[N+](=O)[O-].O=C(Cl)Cl.O=[C-]C[C@H]1CO[C@H]2[C@@H]1OC[C@H]2O[N+](=O)[O-].[CH2-]C(N)=O.[CH2-]NC=O.[Y].[Y]. The van der Waals surface area contributed by atoms with Crippen LogP contribution in [-0.4, -0.2) is 138 Å². The van der Waals surface area contributed by atoms with Crippen molar-refractivity contribution in [1.29, 1.82) is 0 Å². The Morgan fingerprint density at radius 2 is 1.05 bits per heavy atom. The van der Waals surface area contributed by atoms with Crippen LogP contribution in [0.15, 0.2) is 0 Å². The van der Waals surface area contributed by atoms with Crippen LogP contribution in [0, 0.1) is 62.1 Å². The maximum Gasteiger partial charge on any atom is 0.313 e. The van der Waals surface area contributed by atoms with Crippen molar-refractivity contribution in [2.75, 3.05) is 39.6 Å². The number of ether oxygens (including phenoxy) is 6. The number of carbonyl (C=O) groups is 4. The molecule has 25 nitrogen and oxygen atoms in total. The monoisotopic (exact) mass is 1060 g/mol. The van der Waals surface area contributed by atoms with Gasteiger partial charge in [-0.1, -0.05) is 14.4 Å². The molecule has 12 atom stereocenters. The first-order chi connectivity index (χ1) is 26.4. The molecule has 6 aliphatic heterocycles. The Bertz CT molecular complexity index is 1290. The Morgan fingerprint density at radius 3 is 1.39 bits per heavy atom. The van der Waals surface area contributed by atoms with E-state index in [2.05, 4.69) is 57.4 Å². The number of primary amides is 1. The van der Waals surface area contributed by atoms with Gasteiger partial charge < -0.3 is 70.5 Å². The van der Waals surface area contributed by atoms with Crippen molar-refractivity contribution in [2.45, 2.75) is 82.1 Å². The van der Waals surface area contributed by atoms with E-state index in [1.165, 1.54) is 0 Å². The molecule has 6 aliphatic rings. The summed E-state index contributed by atoms with van der Waals surface area (Å²) in [5.74, 6) is -0.492. The Kier molecular flexibility index (Phi) is 34.3. The standard InChI is InChI=1S/C8H10ClNO6.C8H10NO6.C7H11NO5.2C2H4NO.CCl2O.CH4.2Y/c9-6(11)1-4-2-14-8-5(16-10(12)13)3-15-7(4)8;10-2-1-5-3-13-8-6(15-9(11)12)4-14-7(5)8;1-4-2-11-7-5(13-8(9)10)3-12-6(4)7;1-3-2-4;1-2(3)4;2-1(3)4;;;/h4-5,7-8H,1-3H2;5-8H,1,3-4H2;4-7H,2-3H2,1H3;2H,1H2,(H,3,4);1H2,(H2,3,4);;1H4;;/q;-1;;2*-1;;;;/t4-,5+,7+,8+;5-,6+,7+,8+;4-,5+,6+,7+;;;;;;/m000....../s1. The molecule has 59 heavy (non-hydrogen) atoms. The zero-order valence-electron chi connectivity index (χ0n) is 30.4. The number of carbonyl (C=O) groups excluding carboxylic acids is 5. The summed E-state index contributed by atoms with van der Waals surface area (Å²) in [6.07, 6.45) is -1.10. The molecule has 0 aromatic heterocycles. The third-order valence-electron chi connectivity index (χ3n) is 7.99. The van der Waals surface area contributed by atoms with Gasteiger partial charge in [-0.2, -0.15) is 0 Å². The molecule has 334 valence electrons. The third-order valence-corrected chi connectivity index (χ3v) is 8.15. The average Bonchev–Trinajstić information content (AvgIpc) is 3.93. The number of hydrogen-bond donors (Lipinski definition) is 2. The van der Waals surface area contributed by atoms with E-state index in [4.69, 9.17) is 54.4 Å². The van der Waals surface area contributed by atoms with Crippen LogP contribution in [0.25, 0.3) is 0 Å². The summed E-state index contributed by atoms with van der Waals surface area (Å²) in [6.45, 7) is 6.52. The van der Waals surface area contributed by atoms with Crippen LogP contribution in [0.3, 0.4) is 0 Å². The van der Waals surface area contributed by atoms with Crippen molar-refractivity contribution in [2.24, 2.45) is 23.5 Å². The summed E-state index contributed by atoms with van der Waals surface area (Å²) in [5, 5.41) is 29.5. The van der Waals surface area contributed by atoms with Crippen molar-refractivity contribution in [1.82, 2.24) is 5.32 Å². The molecule has 0 saturated carbocycles. The van der Waals surface area contributed by atoms with Gasteiger partial charge in [0.2, 0.25) is 5.24 Å². The molecule has 0 aromatic rings. The Labute approximate surface area is 402 Å². The second kappa shape index (κ2) is 32.9. The fourth-order valence-electron chi connectivity index (χ4n) is 6.01. The summed E-state index contributed by atoms with van der Waals surface area (Å²) >= 11 is 14.1. The minimum absolute atomic E-state index is 0. The second-order valence-electron chi connectivity index (χ2n) is 11.8. The van der Waals surface area contributed by atoms with Crippen molar-refractivity contribution in [3.05, 3.63) is 44.3 Å². The Morgan fingerprint density at radius 1 is 0.746 bits per heavy atom. The van der Waals surface area contributed by atoms with Gasteiger partial charge in [0.1, 0.15) is 18.3 Å². The van der Waals surface area contributed by atoms with Crippen molar-refractivity contribution < 1.29 is 148 Å². The predicted molar refractivity (Wildman–Crippen MR) is 189 cm³/mol. The van der Waals surface area contributed by atoms with Gasteiger partial charge in [0.15, 0.2) is 24.7 Å². The summed E-state index contributed by atoms with van der Waals surface area (Å²) in [5.41, 5.74) is 4.36. The molecule has 6 saturated heterocycles. The molecular weight excluding hydrogens is 1020 g/mol. The first-order valence-electron chi connectivity index (χ1n) is 16.0. The zero-order chi connectivity index (χ0) is 42.5. The van der Waals surface area contributed by atoms with E-state index in [1.54, 1.807) is 6.29 Å². The van der Waals surface area contributed by atoms with Crippen LogP contribution in [0.4, 0.5) is 4.79 Å². The van der Waals surface area contributed by atoms with Gasteiger partial charge in [-0.25, -0.2) is 0 Å². The van der Waals surface area contributed by atoms with Crippen molar-refractivity contribution in [3.63, 3.8) is 0 Å². The molecule has 6 heterocycles. The van der Waals surface area contributed by atoms with E-state index in [0.717, 1.165) is 0 Å². The maximum atomic E-state index is 10.8. The van der Waals surface area contributed by atoms with E-state index in [-0.39, 0.29) is 142 Å². The predicted octanol–water partition coefficient (Wildman–Crippen LogP) is 0.651. The fourth-order valence-corrected chi connectivity index (χ4v) is 6.21. The number of nitrogens with zero attached hydrogens (tertiary/aromatic N) is 3. The van der Waals surface area contributed by atoms with E-state index in [9.17, 15) is 39.9 Å². The average molecular weight is 1070 g/mol. The molecule has 2 amide bonds. The first kappa shape index (κ1) is 61.6. The van der Waals surface area contributed by atoms with Gasteiger partial charge in [-0.15, -0.1) is 36.8 Å². The molecule has 30 heteroatoms. The molecule has 0 bridgehead atoms. The van der Waals surface area contributed by atoms with Crippen molar-refractivity contribution >= 4 is 63.4 Å². The minimum atomic E-state index is -0.889. The molecule has 0 aliphatic carbocycles. The van der Waals surface area contributed by atoms with Crippen LogP contribution in [-0.2, 0) is 128 Å². The molecule has 6 fully saturated rings. The Balaban J connectivity index is -0.000000687. The smallest absolute Gasteiger partial charge is 0.313 e. The number of nitrogens with two attached hydrogens (primary N) is 1. The third kappa shape index (κ3) is 23.3. The quantitative estimate of drug-likeness (QED) is 0.0943. The molecule has 2 radical (unpaired) electrons. The van der Waals surface area contributed by atoms with Crippen LogP contribution in [0.1, 0.15) is 27.2 Å². The summed E-state index contributed by atoms with van der Waals surface area (Å²) in [4.78, 5) is 91.8. The van der Waals surface area contributed by atoms with Crippen LogP contribution in [0.5, 0.6) is 0 Å². The molecule has 3 N–H and O–H groups in total. The van der Waals surface area contributed by atoms with Gasteiger partial charge >= 0.3 is 4.70 Å². The van der Waals surface area contributed by atoms with Gasteiger partial charge in [-0.05, 0) is 40.7 Å². The first-order valence-corrected chi connectivity index (χ1v) is 17.1. The van der Waals surface area contributed by atoms with Gasteiger partial charge in [0, 0.05) is 83.7 Å². The summed E-state index contributed by atoms with van der Waals surface area (Å²) in [6, 6.07) is 0. The van der Waals surface area contributed by atoms with Crippen molar-refractivity contribution in [3.8, 4) is 0 Å². The van der Waals surface area contributed by atoms with E-state index in [1.807, 2.05) is 12.2 Å². The molecule has 0 aromatic carbocycles. The molecule has 6 rings (SSSR count). The number of rotatable bonds is 11. The van der Waals surface area contributed by atoms with E-state index >= 15 is 0 Å². The van der Waals surface area contributed by atoms with Crippen LogP contribution >= 0.6 is 34.8 Å².